The molecule has 1 aliphatic rings. The van der Waals surface area contributed by atoms with E-state index < -0.39 is 17.8 Å². The highest BCUT2D eigenvalue weighted by Gasteiger charge is 2.37. The molecule has 1 fully saturated rings. The maximum absolute atomic E-state index is 13.2. The van der Waals surface area contributed by atoms with Crippen LogP contribution in [0.4, 0.5) is 10.5 Å². The van der Waals surface area contributed by atoms with Crippen LogP contribution in [0.5, 0.6) is 5.75 Å². The minimum Gasteiger partial charge on any atom is -0.496 e. The highest BCUT2D eigenvalue weighted by Crippen LogP contribution is 2.31. The van der Waals surface area contributed by atoms with Crippen LogP contribution < -0.4 is 15.0 Å². The second-order valence-electron chi connectivity index (χ2n) is 7.68. The third kappa shape index (κ3) is 4.55. The Morgan fingerprint density at radius 3 is 2.41 bits per heavy atom. The van der Waals surface area contributed by atoms with Crippen molar-refractivity contribution in [1.82, 2.24) is 5.32 Å². The first-order valence-corrected chi connectivity index (χ1v) is 11.1. The summed E-state index contributed by atoms with van der Waals surface area (Å²) in [6, 6.07) is 16.9. The molecule has 172 valence electrons. The number of hydrogen-bond acceptors (Lipinski definition) is 4. The maximum atomic E-state index is 13.2. The van der Waals surface area contributed by atoms with Crippen molar-refractivity contribution in [3.05, 3.63) is 98.5 Å². The summed E-state index contributed by atoms with van der Waals surface area (Å²) in [7, 11) is 1.54. The van der Waals surface area contributed by atoms with Gasteiger partial charge in [-0.1, -0.05) is 59.6 Å². The van der Waals surface area contributed by atoms with Crippen LogP contribution in [0.3, 0.4) is 0 Å². The van der Waals surface area contributed by atoms with Crippen molar-refractivity contribution >= 4 is 52.8 Å². The summed E-state index contributed by atoms with van der Waals surface area (Å²) in [4.78, 5) is 39.1. The van der Waals surface area contributed by atoms with Crippen LogP contribution in [-0.4, -0.2) is 25.0 Å². The molecule has 0 radical (unpaired) electrons. The lowest BCUT2D eigenvalue weighted by atomic mass is 10.0. The fraction of sp³-hybridized carbons (Fsp3) is 0.115. The first-order chi connectivity index (χ1) is 16.3. The molecule has 1 aliphatic heterocycles. The van der Waals surface area contributed by atoms with Gasteiger partial charge in [0.25, 0.3) is 11.8 Å². The highest BCUT2D eigenvalue weighted by molar-refractivity contribution is 6.40. The van der Waals surface area contributed by atoms with Crippen LogP contribution in [0, 0.1) is 6.92 Å². The van der Waals surface area contributed by atoms with Crippen molar-refractivity contribution in [3.63, 3.8) is 0 Å². The topological polar surface area (TPSA) is 75.7 Å². The number of carbonyl (C=O) groups is 3. The molecule has 3 aromatic rings. The minimum atomic E-state index is -0.829. The molecule has 34 heavy (non-hydrogen) atoms. The van der Waals surface area contributed by atoms with Crippen LogP contribution in [0.25, 0.3) is 6.08 Å². The predicted octanol–water partition coefficient (Wildman–Crippen LogP) is 5.57. The molecular formula is C26H20Cl2N2O4. The van der Waals surface area contributed by atoms with Crippen LogP contribution in [0.15, 0.2) is 66.2 Å². The number of rotatable bonds is 5. The van der Waals surface area contributed by atoms with Crippen molar-refractivity contribution < 1.29 is 19.1 Å². The Morgan fingerprint density at radius 2 is 1.68 bits per heavy atom. The molecule has 0 bridgehead atoms. The highest BCUT2D eigenvalue weighted by atomic mass is 35.5. The molecule has 0 atom stereocenters. The molecule has 0 unspecified atom stereocenters. The monoisotopic (exact) mass is 494 g/mol. The van der Waals surface area contributed by atoms with E-state index in [2.05, 4.69) is 5.32 Å². The van der Waals surface area contributed by atoms with E-state index in [1.165, 1.54) is 6.08 Å². The Labute approximate surface area is 206 Å². The third-order valence-corrected chi connectivity index (χ3v) is 6.32. The van der Waals surface area contributed by atoms with Crippen molar-refractivity contribution in [2.24, 2.45) is 0 Å². The number of halogens is 2. The number of barbiturate groups is 1. The molecule has 8 heteroatoms. The number of hydrogen-bond donors (Lipinski definition) is 1. The van der Waals surface area contributed by atoms with Gasteiger partial charge in [0, 0.05) is 16.5 Å². The standard InChI is InChI=1S/C26H20Cl2N2O4/c1-15-20(27)8-5-9-22(15)30-25(32)19(24(31)29-26(30)33)12-16-10-11-18(23(13-16)34-2)14-17-6-3-4-7-21(17)28/h3-13H,14H2,1-2H3,(H,29,31,33)/b19-12+. The van der Waals surface area contributed by atoms with E-state index in [0.717, 1.165) is 16.0 Å². The van der Waals surface area contributed by atoms with E-state index in [-0.39, 0.29) is 5.57 Å². The molecule has 3 aromatic carbocycles. The third-order valence-electron chi connectivity index (χ3n) is 5.54. The maximum Gasteiger partial charge on any atom is 0.335 e. The molecule has 1 heterocycles. The van der Waals surface area contributed by atoms with Gasteiger partial charge in [0.05, 0.1) is 12.8 Å². The van der Waals surface area contributed by atoms with E-state index in [9.17, 15) is 14.4 Å². The fourth-order valence-electron chi connectivity index (χ4n) is 3.73. The van der Waals surface area contributed by atoms with Gasteiger partial charge in [-0.05, 0) is 59.5 Å². The average molecular weight is 495 g/mol. The average Bonchev–Trinajstić information content (AvgIpc) is 2.81. The number of methoxy groups -OCH3 is 1. The van der Waals surface area contributed by atoms with Gasteiger partial charge in [-0.25, -0.2) is 9.69 Å². The molecule has 0 saturated carbocycles. The summed E-state index contributed by atoms with van der Waals surface area (Å²) in [5.74, 6) is -0.931. The van der Waals surface area contributed by atoms with Crippen molar-refractivity contribution in [2.75, 3.05) is 12.0 Å². The first kappa shape index (κ1) is 23.5. The van der Waals surface area contributed by atoms with Crippen molar-refractivity contribution in [1.29, 1.82) is 0 Å². The predicted molar refractivity (Wildman–Crippen MR) is 132 cm³/mol. The molecule has 4 rings (SSSR count). The number of benzene rings is 3. The Kier molecular flexibility index (Phi) is 6.72. The minimum absolute atomic E-state index is 0.181. The Morgan fingerprint density at radius 1 is 0.941 bits per heavy atom. The number of ether oxygens (including phenoxy) is 1. The van der Waals surface area contributed by atoms with Crippen LogP contribution in [-0.2, 0) is 16.0 Å². The number of nitrogens with zero attached hydrogens (tertiary/aromatic N) is 1. The Bertz CT molecular complexity index is 1350. The number of urea groups is 1. The fourth-order valence-corrected chi connectivity index (χ4v) is 4.10. The van der Waals surface area contributed by atoms with Gasteiger partial charge in [0.15, 0.2) is 0 Å². The summed E-state index contributed by atoms with van der Waals surface area (Å²) in [5.41, 5.74) is 3.08. The van der Waals surface area contributed by atoms with Crippen molar-refractivity contribution in [2.45, 2.75) is 13.3 Å². The zero-order valence-electron chi connectivity index (χ0n) is 18.4. The molecule has 4 amide bonds. The molecule has 0 spiro atoms. The zero-order chi connectivity index (χ0) is 24.4. The lowest BCUT2D eigenvalue weighted by molar-refractivity contribution is -0.122. The zero-order valence-corrected chi connectivity index (χ0v) is 19.9. The lowest BCUT2D eigenvalue weighted by Gasteiger charge is -2.27. The molecule has 0 aliphatic carbocycles. The van der Waals surface area contributed by atoms with Gasteiger partial charge in [-0.15, -0.1) is 0 Å². The van der Waals surface area contributed by atoms with E-state index >= 15 is 0 Å². The van der Waals surface area contributed by atoms with Gasteiger partial charge in [0.2, 0.25) is 0 Å². The lowest BCUT2D eigenvalue weighted by Crippen LogP contribution is -2.54. The summed E-state index contributed by atoms with van der Waals surface area (Å²) in [5, 5.41) is 3.28. The molecule has 0 aromatic heterocycles. The quantitative estimate of drug-likeness (QED) is 0.371. The summed E-state index contributed by atoms with van der Waals surface area (Å²) >= 11 is 12.5. The van der Waals surface area contributed by atoms with E-state index in [1.807, 2.05) is 30.3 Å². The largest absolute Gasteiger partial charge is 0.496 e. The summed E-state index contributed by atoms with van der Waals surface area (Å²) in [6.07, 6.45) is 1.98. The smallest absolute Gasteiger partial charge is 0.335 e. The second kappa shape index (κ2) is 9.71. The first-order valence-electron chi connectivity index (χ1n) is 10.4. The summed E-state index contributed by atoms with van der Waals surface area (Å²) in [6.45, 7) is 1.70. The second-order valence-corrected chi connectivity index (χ2v) is 8.50. The number of anilines is 1. The van der Waals surface area contributed by atoms with Crippen LogP contribution >= 0.6 is 23.2 Å². The molecule has 1 saturated heterocycles. The Hall–Kier alpha value is -3.61. The van der Waals surface area contributed by atoms with E-state index in [0.29, 0.717) is 39.0 Å². The van der Waals surface area contributed by atoms with E-state index in [1.54, 1.807) is 44.4 Å². The van der Waals surface area contributed by atoms with Crippen LogP contribution in [0.2, 0.25) is 10.0 Å². The van der Waals surface area contributed by atoms with Gasteiger partial charge in [-0.3, -0.25) is 14.9 Å². The molecular weight excluding hydrogens is 475 g/mol. The Balaban J connectivity index is 1.69. The van der Waals surface area contributed by atoms with Gasteiger partial charge in [-0.2, -0.15) is 0 Å². The van der Waals surface area contributed by atoms with Gasteiger partial charge in [0.1, 0.15) is 11.3 Å². The number of imide groups is 2. The molecule has 1 N–H and O–H groups in total. The number of nitrogens with one attached hydrogen (secondary N) is 1. The number of carbonyl (C=O) groups excluding carboxylic acids is 3. The van der Waals surface area contributed by atoms with Crippen molar-refractivity contribution in [3.8, 4) is 5.75 Å². The van der Waals surface area contributed by atoms with Crippen LogP contribution in [0.1, 0.15) is 22.3 Å². The van der Waals surface area contributed by atoms with Gasteiger partial charge >= 0.3 is 6.03 Å². The number of amides is 4. The molecule has 6 nitrogen and oxygen atoms in total. The summed E-state index contributed by atoms with van der Waals surface area (Å²) < 4.78 is 5.54. The van der Waals surface area contributed by atoms with Gasteiger partial charge < -0.3 is 4.74 Å². The SMILES string of the molecule is COc1cc(/C=C2\C(=O)NC(=O)N(c3cccc(Cl)c3C)C2=O)ccc1Cc1ccccc1Cl. The van der Waals surface area contributed by atoms with E-state index in [4.69, 9.17) is 27.9 Å². The normalized spacial score (nSPS) is 15.0.